The van der Waals surface area contributed by atoms with Crippen molar-refractivity contribution in [1.29, 1.82) is 0 Å². The molecule has 1 aliphatic carbocycles. The zero-order valence-corrected chi connectivity index (χ0v) is 6.30. The molecule has 2 rings (SSSR count). The first-order valence-corrected chi connectivity index (χ1v) is 3.76. The van der Waals surface area contributed by atoms with Crippen molar-refractivity contribution in [2.24, 2.45) is 11.8 Å². The van der Waals surface area contributed by atoms with Gasteiger partial charge in [-0.2, -0.15) is 0 Å². The minimum atomic E-state index is -0.554. The Balaban J connectivity index is 1.95. The monoisotopic (exact) mass is 160 g/mol. The molecule has 11 heavy (non-hydrogen) atoms. The van der Waals surface area contributed by atoms with Gasteiger partial charge in [0, 0.05) is 25.6 Å². The first-order valence-electron chi connectivity index (χ1n) is 3.76. The highest BCUT2D eigenvalue weighted by molar-refractivity contribution is 5.07. The van der Waals surface area contributed by atoms with Gasteiger partial charge in [0.15, 0.2) is 6.29 Å². The van der Waals surface area contributed by atoms with Crippen LogP contribution in [0.4, 0.5) is 0 Å². The van der Waals surface area contributed by atoms with Crippen molar-refractivity contribution < 1.29 is 19.7 Å². The lowest BCUT2D eigenvalue weighted by atomic mass is 10.2. The molecule has 0 radical (unpaired) electrons. The Morgan fingerprint density at radius 3 is 2.64 bits per heavy atom. The fourth-order valence-corrected chi connectivity index (χ4v) is 1.84. The quantitative estimate of drug-likeness (QED) is 0.541. The molecule has 2 N–H and O–H groups in total. The molecule has 0 aromatic rings. The first-order chi connectivity index (χ1) is 5.29. The van der Waals surface area contributed by atoms with E-state index in [-0.39, 0.29) is 24.5 Å². The van der Waals surface area contributed by atoms with Gasteiger partial charge in [0.1, 0.15) is 6.10 Å². The average molecular weight is 160 g/mol. The van der Waals surface area contributed by atoms with Crippen LogP contribution in [0.1, 0.15) is 0 Å². The summed E-state index contributed by atoms with van der Waals surface area (Å²) in [5.41, 5.74) is 0. The number of hydrogen-bond acceptors (Lipinski definition) is 4. The molecule has 4 heteroatoms. The fraction of sp³-hybridized carbons (Fsp3) is 1.00. The number of aliphatic hydroxyl groups is 2. The molecule has 0 aromatic heterocycles. The maximum absolute atomic E-state index is 9.44. The average Bonchev–Trinajstić information content (AvgIpc) is 2.63. The summed E-state index contributed by atoms with van der Waals surface area (Å²) in [6.07, 6.45) is -1.00. The number of hydrogen-bond donors (Lipinski definition) is 2. The van der Waals surface area contributed by atoms with E-state index >= 15 is 0 Å². The van der Waals surface area contributed by atoms with Crippen LogP contribution in [0, 0.1) is 11.8 Å². The highest BCUT2D eigenvalue weighted by atomic mass is 16.7. The van der Waals surface area contributed by atoms with Crippen molar-refractivity contribution in [3.8, 4) is 0 Å². The van der Waals surface area contributed by atoms with Gasteiger partial charge in [-0.25, -0.2) is 0 Å². The molecule has 1 aliphatic heterocycles. The molecule has 0 unspecified atom stereocenters. The summed E-state index contributed by atoms with van der Waals surface area (Å²) in [5.74, 6) is 0.237. The number of methoxy groups -OCH3 is 1. The Hall–Kier alpha value is -0.160. The van der Waals surface area contributed by atoms with Crippen LogP contribution in [0.3, 0.4) is 0 Å². The second kappa shape index (κ2) is 2.42. The van der Waals surface area contributed by atoms with E-state index in [4.69, 9.17) is 14.6 Å². The maximum Gasteiger partial charge on any atom is 0.183 e. The lowest BCUT2D eigenvalue weighted by Crippen LogP contribution is -2.29. The summed E-state index contributed by atoms with van der Waals surface area (Å²) in [7, 11) is 1.51. The molecule has 0 amide bonds. The van der Waals surface area contributed by atoms with Crippen LogP contribution in [0.15, 0.2) is 0 Å². The van der Waals surface area contributed by atoms with Crippen LogP contribution in [0.5, 0.6) is 0 Å². The standard InChI is InChI=1S/C7H12O4/c1-10-7-5(9)4-3(2-8)6(4)11-7/h3-9H,2H2,1H3/t3-,4-,5+,6-,7+/m1/s1. The minimum absolute atomic E-state index is 0.0277. The summed E-state index contributed by atoms with van der Waals surface area (Å²) < 4.78 is 10.1. The SMILES string of the molecule is CO[C@H]1O[C@@H]2[C@H](CO)[C@@H]2[C@@H]1O. The minimum Gasteiger partial charge on any atom is -0.396 e. The van der Waals surface area contributed by atoms with Gasteiger partial charge in [0.2, 0.25) is 0 Å². The van der Waals surface area contributed by atoms with Crippen molar-refractivity contribution in [2.45, 2.75) is 18.5 Å². The Morgan fingerprint density at radius 1 is 1.55 bits per heavy atom. The number of rotatable bonds is 2. The fourth-order valence-electron chi connectivity index (χ4n) is 1.84. The Labute approximate surface area is 64.7 Å². The van der Waals surface area contributed by atoms with Gasteiger partial charge < -0.3 is 19.7 Å². The molecule has 0 bridgehead atoms. The van der Waals surface area contributed by atoms with Crippen LogP contribution >= 0.6 is 0 Å². The van der Waals surface area contributed by atoms with E-state index in [9.17, 15) is 5.11 Å². The lowest BCUT2D eigenvalue weighted by Gasteiger charge is -2.16. The van der Waals surface area contributed by atoms with Gasteiger partial charge >= 0.3 is 0 Å². The zero-order valence-electron chi connectivity index (χ0n) is 6.30. The van der Waals surface area contributed by atoms with Gasteiger partial charge in [-0.05, 0) is 0 Å². The largest absolute Gasteiger partial charge is 0.396 e. The van der Waals surface area contributed by atoms with E-state index in [1.807, 2.05) is 0 Å². The molecule has 2 fully saturated rings. The summed E-state index contributed by atoms with van der Waals surface area (Å²) in [4.78, 5) is 0. The second-order valence-electron chi connectivity index (χ2n) is 3.12. The van der Waals surface area contributed by atoms with Crippen LogP contribution < -0.4 is 0 Å². The Kier molecular flexibility index (Phi) is 1.64. The summed E-state index contributed by atoms with van der Waals surface area (Å²) in [5, 5.41) is 18.2. The summed E-state index contributed by atoms with van der Waals surface area (Å²) >= 11 is 0. The molecule has 1 saturated carbocycles. The molecule has 0 spiro atoms. The van der Waals surface area contributed by atoms with Crippen LogP contribution in [-0.2, 0) is 9.47 Å². The molecule has 2 aliphatic rings. The molecular formula is C7H12O4. The molecule has 1 heterocycles. The summed E-state index contributed by atoms with van der Waals surface area (Å²) in [6, 6.07) is 0. The predicted octanol–water partition coefficient (Wildman–Crippen LogP) is -1.04. The van der Waals surface area contributed by atoms with E-state index in [2.05, 4.69) is 0 Å². The van der Waals surface area contributed by atoms with Crippen molar-refractivity contribution in [2.75, 3.05) is 13.7 Å². The molecule has 0 aromatic carbocycles. The molecule has 4 nitrogen and oxygen atoms in total. The molecule has 64 valence electrons. The Bertz CT molecular complexity index is 161. The molecule has 5 atom stereocenters. The van der Waals surface area contributed by atoms with E-state index < -0.39 is 12.4 Å². The first kappa shape index (κ1) is 7.49. The molecular weight excluding hydrogens is 148 g/mol. The van der Waals surface area contributed by atoms with Crippen LogP contribution in [-0.4, -0.2) is 42.4 Å². The maximum atomic E-state index is 9.44. The van der Waals surface area contributed by atoms with E-state index in [0.717, 1.165) is 0 Å². The summed E-state index contributed by atoms with van der Waals surface area (Å²) in [6.45, 7) is 0.100. The van der Waals surface area contributed by atoms with Crippen LogP contribution in [0.2, 0.25) is 0 Å². The number of ether oxygens (including phenoxy) is 2. The number of fused-ring (bicyclic) bond motifs is 1. The Morgan fingerprint density at radius 2 is 2.27 bits per heavy atom. The highest BCUT2D eigenvalue weighted by Crippen LogP contribution is 2.51. The van der Waals surface area contributed by atoms with Crippen molar-refractivity contribution in [1.82, 2.24) is 0 Å². The highest BCUT2D eigenvalue weighted by Gasteiger charge is 2.63. The number of aliphatic hydroxyl groups excluding tert-OH is 2. The van der Waals surface area contributed by atoms with Gasteiger partial charge in [0.05, 0.1) is 6.10 Å². The van der Waals surface area contributed by atoms with E-state index in [1.165, 1.54) is 7.11 Å². The second-order valence-corrected chi connectivity index (χ2v) is 3.12. The third kappa shape index (κ3) is 0.906. The normalized spacial score (nSPS) is 54.3. The van der Waals surface area contributed by atoms with Gasteiger partial charge in [0.25, 0.3) is 0 Å². The molecule has 1 saturated heterocycles. The van der Waals surface area contributed by atoms with Crippen LogP contribution in [0.25, 0.3) is 0 Å². The third-order valence-electron chi connectivity index (χ3n) is 2.56. The third-order valence-corrected chi connectivity index (χ3v) is 2.56. The van der Waals surface area contributed by atoms with Gasteiger partial charge in [-0.15, -0.1) is 0 Å². The van der Waals surface area contributed by atoms with E-state index in [1.54, 1.807) is 0 Å². The predicted molar refractivity (Wildman–Crippen MR) is 35.7 cm³/mol. The zero-order chi connectivity index (χ0) is 8.01. The van der Waals surface area contributed by atoms with Gasteiger partial charge in [-0.1, -0.05) is 0 Å². The van der Waals surface area contributed by atoms with Gasteiger partial charge in [-0.3, -0.25) is 0 Å². The topological polar surface area (TPSA) is 58.9 Å². The smallest absolute Gasteiger partial charge is 0.183 e. The van der Waals surface area contributed by atoms with Crippen molar-refractivity contribution >= 4 is 0 Å². The van der Waals surface area contributed by atoms with E-state index in [0.29, 0.717) is 0 Å². The lowest BCUT2D eigenvalue weighted by molar-refractivity contribution is -0.161. The van der Waals surface area contributed by atoms with Crippen molar-refractivity contribution in [3.63, 3.8) is 0 Å². The van der Waals surface area contributed by atoms with Crippen molar-refractivity contribution in [3.05, 3.63) is 0 Å².